The highest BCUT2D eigenvalue weighted by Crippen LogP contribution is 2.37. The van der Waals surface area contributed by atoms with Crippen molar-refractivity contribution in [3.63, 3.8) is 0 Å². The van der Waals surface area contributed by atoms with Crippen molar-refractivity contribution < 1.29 is 49.7 Å². The van der Waals surface area contributed by atoms with Crippen molar-refractivity contribution in [2.24, 2.45) is 5.92 Å². The third-order valence-electron chi connectivity index (χ3n) is 7.47. The van der Waals surface area contributed by atoms with Gasteiger partial charge in [-0.3, -0.25) is 9.59 Å². The van der Waals surface area contributed by atoms with Crippen LogP contribution in [0.15, 0.2) is 11.8 Å². The average Bonchev–Trinajstić information content (AvgIpc) is 2.89. The Morgan fingerprint density at radius 3 is 1.92 bits per heavy atom. The van der Waals surface area contributed by atoms with Gasteiger partial charge in [-0.25, -0.2) is 0 Å². The van der Waals surface area contributed by atoms with Crippen molar-refractivity contribution >= 4 is 11.9 Å². The van der Waals surface area contributed by atoms with E-state index in [9.17, 15) is 40.2 Å². The molecule has 1 fully saturated rings. The van der Waals surface area contributed by atoms with E-state index in [1.165, 1.54) is 51.4 Å². The van der Waals surface area contributed by atoms with Gasteiger partial charge in [-0.2, -0.15) is 0 Å². The number of aliphatic hydroxyl groups excluding tert-OH is 3. The van der Waals surface area contributed by atoms with Gasteiger partial charge in [-0.15, -0.1) is 0 Å². The Bertz CT molecular complexity index is 713. The van der Waals surface area contributed by atoms with Gasteiger partial charge in [0.2, 0.25) is 6.29 Å². The molecule has 228 valence electrons. The predicted octanol–water partition coefficient (Wildman–Crippen LogP) is 4.12. The summed E-state index contributed by atoms with van der Waals surface area (Å²) in [5, 5.41) is 60.4. The molecule has 0 amide bonds. The van der Waals surface area contributed by atoms with Crippen molar-refractivity contribution in [1.82, 2.24) is 0 Å². The first-order chi connectivity index (χ1) is 18.6. The summed E-state index contributed by atoms with van der Waals surface area (Å²) in [5.74, 6) is -4.47. The minimum atomic E-state index is -2.29. The predicted molar refractivity (Wildman–Crippen MR) is 146 cm³/mol. The number of aliphatic hydroxyl groups is 4. The molecule has 1 aliphatic rings. The van der Waals surface area contributed by atoms with Crippen molar-refractivity contribution in [3.05, 3.63) is 11.8 Å². The second-order valence-corrected chi connectivity index (χ2v) is 10.7. The number of carboxylic acid groups (broad SMARTS) is 2. The van der Waals surface area contributed by atoms with Crippen molar-refractivity contribution in [3.8, 4) is 0 Å². The molecule has 10 nitrogen and oxygen atoms in total. The van der Waals surface area contributed by atoms with Crippen LogP contribution in [0.5, 0.6) is 0 Å². The van der Waals surface area contributed by atoms with Crippen molar-refractivity contribution in [2.75, 3.05) is 6.61 Å². The minimum absolute atomic E-state index is 0.515. The van der Waals surface area contributed by atoms with E-state index < -0.39 is 67.5 Å². The standard InChI is InChI=1S/C29H52O10/c1-3-5-6-7-8-9-10-11-12-13-14-15-17-21(16-4-2)38-28-29(37,19-18-22(26(33)34)27(35)36)25(32)24(31)23(20-30)39-28/h17,22-25,28,30-32,37H,3-16,18-20H2,1-2H3,(H,33,34)(H,35,36)/t23-,24+,25+,28-,29-/m1/s1. The number of unbranched alkanes of at least 4 members (excludes halogenated alkanes) is 11. The van der Waals surface area contributed by atoms with E-state index >= 15 is 0 Å². The number of hydrogen-bond donors (Lipinski definition) is 6. The normalized spacial score (nSPS) is 25.7. The van der Waals surface area contributed by atoms with Crippen LogP contribution in [0.25, 0.3) is 0 Å². The van der Waals surface area contributed by atoms with Crippen LogP contribution in [-0.2, 0) is 19.1 Å². The lowest BCUT2D eigenvalue weighted by molar-refractivity contribution is -0.335. The van der Waals surface area contributed by atoms with Crippen LogP contribution in [0.1, 0.15) is 117 Å². The first-order valence-electron chi connectivity index (χ1n) is 14.8. The highest BCUT2D eigenvalue weighted by atomic mass is 16.7. The summed E-state index contributed by atoms with van der Waals surface area (Å²) >= 11 is 0. The molecule has 0 bridgehead atoms. The van der Waals surface area contributed by atoms with Crippen LogP contribution in [-0.4, -0.2) is 79.4 Å². The van der Waals surface area contributed by atoms with Crippen LogP contribution in [0.2, 0.25) is 0 Å². The molecule has 10 heteroatoms. The summed E-state index contributed by atoms with van der Waals surface area (Å²) in [7, 11) is 0. The summed E-state index contributed by atoms with van der Waals surface area (Å²) in [6.45, 7) is 3.53. The third-order valence-corrected chi connectivity index (χ3v) is 7.47. The fraction of sp³-hybridized carbons (Fsp3) is 0.862. The molecule has 0 radical (unpaired) electrons. The van der Waals surface area contributed by atoms with Gasteiger partial charge in [-0.05, 0) is 38.2 Å². The SMILES string of the molecule is CCCCCCCCCCCCCC=C(CCC)O[C@@H]1O[C@H](CO)[C@H](O)[C@H](O)[C@]1(O)CCC(C(=O)O)C(=O)O. The van der Waals surface area contributed by atoms with Gasteiger partial charge in [0, 0.05) is 6.42 Å². The monoisotopic (exact) mass is 560 g/mol. The van der Waals surface area contributed by atoms with Crippen LogP contribution < -0.4 is 0 Å². The average molecular weight is 561 g/mol. The molecule has 1 heterocycles. The van der Waals surface area contributed by atoms with Crippen molar-refractivity contribution in [2.45, 2.75) is 147 Å². The molecule has 39 heavy (non-hydrogen) atoms. The van der Waals surface area contributed by atoms with E-state index in [-0.39, 0.29) is 0 Å². The van der Waals surface area contributed by atoms with Gasteiger partial charge in [-0.1, -0.05) is 78.1 Å². The van der Waals surface area contributed by atoms with E-state index in [4.69, 9.17) is 9.47 Å². The van der Waals surface area contributed by atoms with Gasteiger partial charge in [0.25, 0.3) is 0 Å². The van der Waals surface area contributed by atoms with Gasteiger partial charge < -0.3 is 40.1 Å². The Morgan fingerprint density at radius 1 is 0.897 bits per heavy atom. The molecule has 1 aliphatic heterocycles. The van der Waals surface area contributed by atoms with Crippen LogP contribution in [0.3, 0.4) is 0 Å². The molecule has 0 aliphatic carbocycles. The summed E-state index contributed by atoms with van der Waals surface area (Å²) in [6.07, 6.45) is 10.1. The van der Waals surface area contributed by atoms with E-state index in [2.05, 4.69) is 6.92 Å². The molecular formula is C29H52O10. The molecule has 5 atom stereocenters. The molecule has 0 aromatic rings. The van der Waals surface area contributed by atoms with E-state index in [0.29, 0.717) is 12.2 Å². The van der Waals surface area contributed by atoms with E-state index in [0.717, 1.165) is 32.1 Å². The summed E-state index contributed by atoms with van der Waals surface area (Å²) in [5.41, 5.74) is -2.29. The largest absolute Gasteiger partial charge is 0.481 e. The fourth-order valence-corrected chi connectivity index (χ4v) is 4.93. The zero-order valence-corrected chi connectivity index (χ0v) is 23.8. The highest BCUT2D eigenvalue weighted by Gasteiger charge is 2.56. The maximum Gasteiger partial charge on any atom is 0.317 e. The van der Waals surface area contributed by atoms with Crippen molar-refractivity contribution in [1.29, 1.82) is 0 Å². The number of ether oxygens (including phenoxy) is 2. The minimum Gasteiger partial charge on any atom is -0.481 e. The smallest absolute Gasteiger partial charge is 0.317 e. The Hall–Kier alpha value is -1.72. The zero-order chi connectivity index (χ0) is 29.3. The first kappa shape index (κ1) is 35.3. The maximum absolute atomic E-state index is 11.3. The molecule has 1 rings (SSSR count). The lowest BCUT2D eigenvalue weighted by Crippen LogP contribution is -2.67. The molecule has 0 spiro atoms. The fourth-order valence-electron chi connectivity index (χ4n) is 4.93. The Labute approximate surface area is 233 Å². The number of rotatable bonds is 22. The summed E-state index contributed by atoms with van der Waals surface area (Å²) in [6, 6.07) is 0. The van der Waals surface area contributed by atoms with Crippen LogP contribution in [0.4, 0.5) is 0 Å². The molecule has 0 aromatic heterocycles. The van der Waals surface area contributed by atoms with Gasteiger partial charge in [0.05, 0.1) is 12.4 Å². The molecule has 6 N–H and O–H groups in total. The Balaban J connectivity index is 2.73. The molecular weight excluding hydrogens is 508 g/mol. The topological polar surface area (TPSA) is 174 Å². The van der Waals surface area contributed by atoms with Crippen LogP contribution in [0, 0.1) is 5.92 Å². The van der Waals surface area contributed by atoms with E-state index in [1.807, 2.05) is 13.0 Å². The second kappa shape index (κ2) is 19.4. The van der Waals surface area contributed by atoms with Gasteiger partial charge in [0.15, 0.2) is 11.5 Å². The molecule has 0 aromatic carbocycles. The number of carbonyl (C=O) groups is 2. The summed E-state index contributed by atoms with van der Waals surface area (Å²) < 4.78 is 11.6. The number of allylic oxidation sites excluding steroid dienone is 2. The number of carboxylic acids is 2. The summed E-state index contributed by atoms with van der Waals surface area (Å²) in [4.78, 5) is 22.6. The lowest BCUT2D eigenvalue weighted by Gasteiger charge is -2.48. The van der Waals surface area contributed by atoms with Gasteiger partial charge >= 0.3 is 11.9 Å². The Kier molecular flexibility index (Phi) is 17.5. The maximum atomic E-state index is 11.3. The first-order valence-corrected chi connectivity index (χ1v) is 14.8. The molecule has 1 saturated heterocycles. The molecule has 0 saturated carbocycles. The lowest BCUT2D eigenvalue weighted by atomic mass is 9.81. The van der Waals surface area contributed by atoms with E-state index in [1.54, 1.807) is 0 Å². The zero-order valence-electron chi connectivity index (χ0n) is 23.8. The Morgan fingerprint density at radius 2 is 1.44 bits per heavy atom. The number of hydrogen-bond acceptors (Lipinski definition) is 8. The highest BCUT2D eigenvalue weighted by molar-refractivity contribution is 5.92. The number of aliphatic carboxylic acids is 2. The third kappa shape index (κ3) is 12.1. The molecule has 0 unspecified atom stereocenters. The second-order valence-electron chi connectivity index (χ2n) is 10.7. The quantitative estimate of drug-likeness (QED) is 0.0642. The van der Waals surface area contributed by atoms with Gasteiger partial charge in [0.1, 0.15) is 18.3 Å². The van der Waals surface area contributed by atoms with Crippen LogP contribution >= 0.6 is 0 Å².